The third-order valence-electron chi connectivity index (χ3n) is 3.35. The maximum absolute atomic E-state index is 12.5. The number of hydrogen-bond acceptors (Lipinski definition) is 5. The highest BCUT2D eigenvalue weighted by atomic mass is 32.2. The first-order valence-corrected chi connectivity index (χ1v) is 8.34. The van der Waals surface area contributed by atoms with Gasteiger partial charge in [0.1, 0.15) is 11.5 Å². The van der Waals surface area contributed by atoms with Crippen LogP contribution in [0.2, 0.25) is 0 Å². The minimum Gasteiger partial charge on any atom is -0.497 e. The van der Waals surface area contributed by atoms with Crippen LogP contribution in [-0.2, 0) is 11.0 Å². The smallest absolute Gasteiger partial charge is 0.417 e. The van der Waals surface area contributed by atoms with Crippen LogP contribution in [0.15, 0.2) is 41.6 Å². The van der Waals surface area contributed by atoms with Gasteiger partial charge in [0.2, 0.25) is 5.91 Å². The summed E-state index contributed by atoms with van der Waals surface area (Å²) in [5, 5.41) is 2.47. The predicted molar refractivity (Wildman–Crippen MR) is 92.7 cm³/mol. The van der Waals surface area contributed by atoms with E-state index < -0.39 is 17.0 Å². The monoisotopic (exact) mass is 386 g/mol. The number of thioether (sulfide) groups is 1. The maximum atomic E-state index is 12.5. The number of amides is 1. The molecular formula is C17H17F3N2O3S. The Hall–Kier alpha value is -2.42. The quantitative estimate of drug-likeness (QED) is 0.753. The summed E-state index contributed by atoms with van der Waals surface area (Å²) in [7, 11) is 2.99. The summed E-state index contributed by atoms with van der Waals surface area (Å²) < 4.78 is 47.9. The Bertz CT molecular complexity index is 745. The first kappa shape index (κ1) is 19.9. The van der Waals surface area contributed by atoms with Crippen LogP contribution < -0.4 is 14.8 Å². The van der Waals surface area contributed by atoms with E-state index in [0.29, 0.717) is 22.2 Å². The van der Waals surface area contributed by atoms with Crippen LogP contribution >= 0.6 is 11.8 Å². The number of alkyl halides is 3. The van der Waals surface area contributed by atoms with Crippen LogP contribution in [0, 0.1) is 0 Å². The molecule has 140 valence electrons. The Balaban J connectivity index is 2.03. The maximum Gasteiger partial charge on any atom is 0.417 e. The van der Waals surface area contributed by atoms with Crippen LogP contribution in [0.4, 0.5) is 18.9 Å². The lowest BCUT2D eigenvalue weighted by atomic mass is 10.2. The minimum atomic E-state index is -4.44. The minimum absolute atomic E-state index is 0.323. The van der Waals surface area contributed by atoms with E-state index in [9.17, 15) is 18.0 Å². The van der Waals surface area contributed by atoms with Crippen LogP contribution in [0.5, 0.6) is 11.5 Å². The zero-order chi connectivity index (χ0) is 19.3. The van der Waals surface area contributed by atoms with Gasteiger partial charge in [-0.25, -0.2) is 4.98 Å². The van der Waals surface area contributed by atoms with Crippen molar-refractivity contribution in [2.45, 2.75) is 23.4 Å². The van der Waals surface area contributed by atoms with Gasteiger partial charge in [0.25, 0.3) is 0 Å². The molecule has 26 heavy (non-hydrogen) atoms. The van der Waals surface area contributed by atoms with E-state index in [1.807, 2.05) is 0 Å². The van der Waals surface area contributed by atoms with Crippen molar-refractivity contribution in [2.24, 2.45) is 0 Å². The van der Waals surface area contributed by atoms with Gasteiger partial charge in [0, 0.05) is 30.1 Å². The SMILES string of the molecule is COc1cc(NC(=O)C(C)Sc2ccc(C(F)(F)F)cn2)cc(OC)c1. The third kappa shape index (κ3) is 5.29. The van der Waals surface area contributed by atoms with Gasteiger partial charge in [-0.3, -0.25) is 4.79 Å². The van der Waals surface area contributed by atoms with Crippen molar-refractivity contribution < 1.29 is 27.4 Å². The van der Waals surface area contributed by atoms with Crippen molar-refractivity contribution in [1.29, 1.82) is 0 Å². The van der Waals surface area contributed by atoms with Gasteiger partial charge in [0.15, 0.2) is 0 Å². The second-order valence-electron chi connectivity index (χ2n) is 5.23. The lowest BCUT2D eigenvalue weighted by molar-refractivity contribution is -0.137. The molecule has 0 aliphatic rings. The molecule has 1 aromatic carbocycles. The first-order chi connectivity index (χ1) is 12.2. The van der Waals surface area contributed by atoms with Crippen LogP contribution in [0.3, 0.4) is 0 Å². The number of benzene rings is 1. The summed E-state index contributed by atoms with van der Waals surface area (Å²) in [6.07, 6.45) is -3.69. The molecule has 1 amide bonds. The van der Waals surface area contributed by atoms with E-state index in [0.717, 1.165) is 24.0 Å². The highest BCUT2D eigenvalue weighted by Gasteiger charge is 2.30. The summed E-state index contributed by atoms with van der Waals surface area (Å²) in [5.74, 6) is 0.709. The summed E-state index contributed by atoms with van der Waals surface area (Å²) in [5.41, 5.74) is -0.346. The largest absolute Gasteiger partial charge is 0.497 e. The lowest BCUT2D eigenvalue weighted by Gasteiger charge is -2.14. The Kier molecular flexibility index (Phi) is 6.36. The highest BCUT2D eigenvalue weighted by molar-refractivity contribution is 8.00. The summed E-state index contributed by atoms with van der Waals surface area (Å²) in [4.78, 5) is 16.1. The normalized spacial score (nSPS) is 12.4. The molecule has 0 radical (unpaired) electrons. The van der Waals surface area contributed by atoms with E-state index >= 15 is 0 Å². The second-order valence-corrected chi connectivity index (χ2v) is 6.59. The fourth-order valence-electron chi connectivity index (χ4n) is 1.98. The predicted octanol–water partition coefficient (Wildman–Crippen LogP) is 4.24. The molecule has 1 aromatic heterocycles. The Labute approximate surface area is 152 Å². The number of carbonyl (C=O) groups excluding carboxylic acids is 1. The molecule has 1 heterocycles. The average molecular weight is 386 g/mol. The molecule has 2 rings (SSSR count). The number of nitrogens with one attached hydrogen (secondary N) is 1. The topological polar surface area (TPSA) is 60.5 Å². The molecule has 1 unspecified atom stereocenters. The number of halogens is 3. The van der Waals surface area contributed by atoms with Crippen molar-refractivity contribution in [3.05, 3.63) is 42.1 Å². The van der Waals surface area contributed by atoms with E-state index in [2.05, 4.69) is 10.3 Å². The molecule has 1 N–H and O–H groups in total. The lowest BCUT2D eigenvalue weighted by Crippen LogP contribution is -2.22. The standard InChI is InChI=1S/C17H17F3N2O3S/c1-10(26-15-5-4-11(9-21-15)17(18,19)20)16(23)22-12-6-13(24-2)8-14(7-12)25-3/h4-10H,1-3H3,(H,22,23). The molecule has 0 spiro atoms. The number of hydrogen-bond donors (Lipinski definition) is 1. The van der Waals surface area contributed by atoms with Gasteiger partial charge < -0.3 is 14.8 Å². The summed E-state index contributed by atoms with van der Waals surface area (Å²) in [6.45, 7) is 1.64. The van der Waals surface area contributed by atoms with Gasteiger partial charge in [-0.2, -0.15) is 13.2 Å². The zero-order valence-corrected chi connectivity index (χ0v) is 15.1. The van der Waals surface area contributed by atoms with Gasteiger partial charge >= 0.3 is 6.18 Å². The van der Waals surface area contributed by atoms with Crippen molar-refractivity contribution >= 4 is 23.4 Å². The van der Waals surface area contributed by atoms with Crippen molar-refractivity contribution in [3.8, 4) is 11.5 Å². The average Bonchev–Trinajstić information content (AvgIpc) is 2.60. The van der Waals surface area contributed by atoms with Gasteiger partial charge in [-0.05, 0) is 19.1 Å². The molecule has 1 atom stereocenters. The number of ether oxygens (including phenoxy) is 2. The van der Waals surface area contributed by atoms with Crippen LogP contribution in [-0.4, -0.2) is 30.4 Å². The highest BCUT2D eigenvalue weighted by Crippen LogP contribution is 2.31. The number of rotatable bonds is 6. The fourth-order valence-corrected chi connectivity index (χ4v) is 2.76. The zero-order valence-electron chi connectivity index (χ0n) is 14.3. The van der Waals surface area contributed by atoms with Crippen molar-refractivity contribution in [2.75, 3.05) is 19.5 Å². The number of aromatic nitrogens is 1. The molecule has 0 bridgehead atoms. The number of methoxy groups -OCH3 is 2. The molecule has 0 saturated carbocycles. The Morgan fingerprint density at radius 1 is 1.15 bits per heavy atom. The Morgan fingerprint density at radius 3 is 2.23 bits per heavy atom. The molecule has 9 heteroatoms. The molecule has 0 aliphatic carbocycles. The fraction of sp³-hybridized carbons (Fsp3) is 0.294. The second kappa shape index (κ2) is 8.31. The number of pyridine rings is 1. The molecule has 0 fully saturated rings. The number of anilines is 1. The Morgan fingerprint density at radius 2 is 1.77 bits per heavy atom. The molecule has 2 aromatic rings. The molecule has 5 nitrogen and oxygen atoms in total. The number of nitrogens with zero attached hydrogens (tertiary/aromatic N) is 1. The molecule has 0 saturated heterocycles. The molecular weight excluding hydrogens is 369 g/mol. The molecule has 0 aliphatic heterocycles. The van der Waals surface area contributed by atoms with Gasteiger partial charge in [-0.15, -0.1) is 0 Å². The van der Waals surface area contributed by atoms with Crippen LogP contribution in [0.1, 0.15) is 12.5 Å². The summed E-state index contributed by atoms with van der Waals surface area (Å²) >= 11 is 1.06. The third-order valence-corrected chi connectivity index (χ3v) is 4.40. The van der Waals surface area contributed by atoms with Gasteiger partial charge in [-0.1, -0.05) is 11.8 Å². The van der Waals surface area contributed by atoms with E-state index in [1.54, 1.807) is 25.1 Å². The van der Waals surface area contributed by atoms with E-state index in [1.165, 1.54) is 20.3 Å². The summed E-state index contributed by atoms with van der Waals surface area (Å²) in [6, 6.07) is 7.11. The van der Waals surface area contributed by atoms with Crippen molar-refractivity contribution in [3.63, 3.8) is 0 Å². The van der Waals surface area contributed by atoms with Crippen LogP contribution in [0.25, 0.3) is 0 Å². The van der Waals surface area contributed by atoms with Gasteiger partial charge in [0.05, 0.1) is 30.1 Å². The van der Waals surface area contributed by atoms with E-state index in [4.69, 9.17) is 9.47 Å². The van der Waals surface area contributed by atoms with E-state index in [-0.39, 0.29) is 5.91 Å². The van der Waals surface area contributed by atoms with Crippen molar-refractivity contribution in [1.82, 2.24) is 4.98 Å². The first-order valence-electron chi connectivity index (χ1n) is 7.46. The number of carbonyl (C=O) groups is 1.